The van der Waals surface area contributed by atoms with Gasteiger partial charge in [0.25, 0.3) is 5.91 Å². The number of carbonyl (C=O) groups excluding carboxylic acids is 2. The first-order valence-corrected chi connectivity index (χ1v) is 8.52. The molecule has 1 saturated carbocycles. The third-order valence-corrected chi connectivity index (χ3v) is 5.51. The minimum atomic E-state index is -0.629. The molecule has 2 aliphatic heterocycles. The number of likely N-dealkylation sites (tertiary alicyclic amines) is 1. The van der Waals surface area contributed by atoms with Crippen LogP contribution in [0.3, 0.4) is 0 Å². The van der Waals surface area contributed by atoms with Crippen LogP contribution in [0, 0.1) is 5.92 Å². The molecule has 128 valence electrons. The lowest BCUT2D eigenvalue weighted by Crippen LogP contribution is -2.80. The molecule has 0 aromatic carbocycles. The van der Waals surface area contributed by atoms with Gasteiger partial charge < -0.3 is 9.80 Å². The van der Waals surface area contributed by atoms with E-state index in [0.29, 0.717) is 11.9 Å². The molecule has 2 atom stereocenters. The lowest BCUT2D eigenvalue weighted by molar-refractivity contribution is -0.149. The van der Waals surface area contributed by atoms with E-state index in [1.54, 1.807) is 5.48 Å². The third-order valence-electron chi connectivity index (χ3n) is 5.51. The Morgan fingerprint density at radius 3 is 2.38 bits per heavy atom. The molecule has 3 heterocycles. The van der Waals surface area contributed by atoms with Gasteiger partial charge in [-0.3, -0.25) is 14.8 Å². The summed E-state index contributed by atoms with van der Waals surface area (Å²) in [5, 5.41) is 8.60. The predicted octanol–water partition coefficient (Wildman–Crippen LogP) is 0.575. The monoisotopic (exact) mass is 331 g/mol. The SMILES string of the molecule is O=C(NO)c1cnc(N2CC3C2CN3C(=O)C2CCCCC2)nc1. The quantitative estimate of drug-likeness (QED) is 0.621. The second-order valence-corrected chi connectivity index (χ2v) is 6.83. The van der Waals surface area contributed by atoms with Crippen molar-refractivity contribution >= 4 is 17.8 Å². The van der Waals surface area contributed by atoms with Crippen molar-refractivity contribution in [1.29, 1.82) is 0 Å². The van der Waals surface area contributed by atoms with Gasteiger partial charge in [-0.25, -0.2) is 15.4 Å². The molecule has 0 spiro atoms. The molecule has 1 aromatic heterocycles. The molecule has 2 amide bonds. The summed E-state index contributed by atoms with van der Waals surface area (Å²) in [5.41, 5.74) is 1.77. The van der Waals surface area contributed by atoms with E-state index in [1.807, 2.05) is 4.90 Å². The Balaban J connectivity index is 1.35. The number of hydrogen-bond acceptors (Lipinski definition) is 6. The van der Waals surface area contributed by atoms with Gasteiger partial charge in [0.15, 0.2) is 0 Å². The zero-order valence-corrected chi connectivity index (χ0v) is 13.4. The van der Waals surface area contributed by atoms with Crippen LogP contribution in [0.15, 0.2) is 12.4 Å². The van der Waals surface area contributed by atoms with E-state index in [1.165, 1.54) is 31.7 Å². The van der Waals surface area contributed by atoms with Crippen molar-refractivity contribution in [2.24, 2.45) is 5.92 Å². The molecule has 2 saturated heterocycles. The first kappa shape index (κ1) is 15.3. The van der Waals surface area contributed by atoms with Crippen molar-refractivity contribution in [3.63, 3.8) is 0 Å². The summed E-state index contributed by atoms with van der Waals surface area (Å²) in [4.78, 5) is 36.3. The Labute approximate surface area is 139 Å². The Morgan fingerprint density at radius 2 is 1.79 bits per heavy atom. The fourth-order valence-corrected chi connectivity index (χ4v) is 3.97. The molecule has 1 aliphatic carbocycles. The number of rotatable bonds is 3. The Morgan fingerprint density at radius 1 is 1.08 bits per heavy atom. The summed E-state index contributed by atoms with van der Waals surface area (Å²) >= 11 is 0. The number of anilines is 1. The van der Waals surface area contributed by atoms with Crippen LogP contribution in [0.5, 0.6) is 0 Å². The van der Waals surface area contributed by atoms with Gasteiger partial charge in [0.05, 0.1) is 17.6 Å². The number of nitrogens with zero attached hydrogens (tertiary/aromatic N) is 4. The van der Waals surface area contributed by atoms with Gasteiger partial charge in [-0.1, -0.05) is 19.3 Å². The lowest BCUT2D eigenvalue weighted by Gasteiger charge is -2.62. The summed E-state index contributed by atoms with van der Waals surface area (Å²) < 4.78 is 0. The normalized spacial score (nSPS) is 26.2. The predicted molar refractivity (Wildman–Crippen MR) is 84.5 cm³/mol. The van der Waals surface area contributed by atoms with Gasteiger partial charge in [-0.2, -0.15) is 0 Å². The molecule has 3 aliphatic rings. The van der Waals surface area contributed by atoms with Crippen LogP contribution in [-0.2, 0) is 4.79 Å². The average Bonchev–Trinajstić information content (AvgIpc) is 2.63. The second-order valence-electron chi connectivity index (χ2n) is 6.83. The highest BCUT2D eigenvalue weighted by atomic mass is 16.5. The molecular weight excluding hydrogens is 310 g/mol. The zero-order valence-electron chi connectivity index (χ0n) is 13.4. The fraction of sp³-hybridized carbons (Fsp3) is 0.625. The molecule has 8 nitrogen and oxygen atoms in total. The number of carbonyl (C=O) groups is 2. The van der Waals surface area contributed by atoms with Gasteiger partial charge in [-0.15, -0.1) is 0 Å². The van der Waals surface area contributed by atoms with Crippen molar-refractivity contribution in [3.05, 3.63) is 18.0 Å². The van der Waals surface area contributed by atoms with E-state index < -0.39 is 5.91 Å². The van der Waals surface area contributed by atoms with E-state index in [9.17, 15) is 9.59 Å². The van der Waals surface area contributed by atoms with Crippen molar-refractivity contribution in [1.82, 2.24) is 20.3 Å². The largest absolute Gasteiger partial charge is 0.333 e. The van der Waals surface area contributed by atoms with Crippen molar-refractivity contribution in [2.45, 2.75) is 44.2 Å². The molecule has 2 unspecified atom stereocenters. The van der Waals surface area contributed by atoms with E-state index in [2.05, 4.69) is 14.9 Å². The summed E-state index contributed by atoms with van der Waals surface area (Å²) in [5.74, 6) is 0.485. The van der Waals surface area contributed by atoms with Crippen molar-refractivity contribution < 1.29 is 14.8 Å². The maximum Gasteiger partial charge on any atom is 0.277 e. The van der Waals surface area contributed by atoms with E-state index in [-0.39, 0.29) is 23.6 Å². The summed E-state index contributed by atoms with van der Waals surface area (Å²) in [6, 6.07) is 0.568. The summed E-state index contributed by atoms with van der Waals surface area (Å²) in [6.45, 7) is 1.48. The molecule has 0 bridgehead atoms. The number of fused-ring (bicyclic) bond motifs is 1. The van der Waals surface area contributed by atoms with Crippen LogP contribution < -0.4 is 10.4 Å². The molecule has 4 rings (SSSR count). The number of nitrogens with one attached hydrogen (secondary N) is 1. The van der Waals surface area contributed by atoms with Gasteiger partial charge in [0.1, 0.15) is 0 Å². The second kappa shape index (κ2) is 6.01. The standard InChI is InChI=1S/C16H21N5O3/c22-14(19-24)11-6-17-16(18-7-11)21-9-12-13(21)8-20(12)15(23)10-4-2-1-3-5-10/h6-7,10,12-13,24H,1-5,8-9H2,(H,19,22). The van der Waals surface area contributed by atoms with Gasteiger partial charge in [0, 0.05) is 31.4 Å². The highest BCUT2D eigenvalue weighted by Gasteiger charge is 2.55. The molecule has 8 heteroatoms. The Hall–Kier alpha value is -2.22. The summed E-state index contributed by atoms with van der Waals surface area (Å²) in [6.07, 6.45) is 8.46. The van der Waals surface area contributed by atoms with Crippen molar-refractivity contribution in [2.75, 3.05) is 18.0 Å². The molecular formula is C16H21N5O3. The average molecular weight is 331 g/mol. The van der Waals surface area contributed by atoms with Crippen LogP contribution in [0.25, 0.3) is 0 Å². The number of aromatic nitrogens is 2. The zero-order chi connectivity index (χ0) is 16.7. The summed E-state index contributed by atoms with van der Waals surface area (Å²) in [7, 11) is 0. The first-order chi connectivity index (χ1) is 11.7. The van der Waals surface area contributed by atoms with Crippen molar-refractivity contribution in [3.8, 4) is 0 Å². The smallest absolute Gasteiger partial charge is 0.277 e. The van der Waals surface area contributed by atoms with Crippen LogP contribution in [-0.4, -0.2) is 57.1 Å². The first-order valence-electron chi connectivity index (χ1n) is 8.52. The number of hydrogen-bond donors (Lipinski definition) is 2. The maximum absolute atomic E-state index is 12.6. The molecule has 3 fully saturated rings. The van der Waals surface area contributed by atoms with Crippen LogP contribution in [0.4, 0.5) is 5.95 Å². The molecule has 1 aromatic rings. The third kappa shape index (κ3) is 2.41. The van der Waals surface area contributed by atoms with E-state index in [0.717, 1.165) is 25.9 Å². The van der Waals surface area contributed by atoms with E-state index >= 15 is 0 Å². The van der Waals surface area contributed by atoms with Gasteiger partial charge in [-0.05, 0) is 12.8 Å². The van der Waals surface area contributed by atoms with Gasteiger partial charge in [0.2, 0.25) is 11.9 Å². The molecule has 0 radical (unpaired) electrons. The minimum absolute atomic E-state index is 0.209. The Bertz CT molecular complexity index is 644. The number of piperazine rings is 1. The van der Waals surface area contributed by atoms with Gasteiger partial charge >= 0.3 is 0 Å². The van der Waals surface area contributed by atoms with Crippen LogP contribution in [0.1, 0.15) is 42.5 Å². The fourth-order valence-electron chi connectivity index (χ4n) is 3.97. The molecule has 2 N–H and O–H groups in total. The van der Waals surface area contributed by atoms with Crippen LogP contribution in [0.2, 0.25) is 0 Å². The minimum Gasteiger partial charge on any atom is -0.333 e. The van der Waals surface area contributed by atoms with Crippen LogP contribution >= 0.6 is 0 Å². The highest BCUT2D eigenvalue weighted by molar-refractivity contribution is 5.92. The van der Waals surface area contributed by atoms with E-state index in [4.69, 9.17) is 5.21 Å². The maximum atomic E-state index is 12.6. The topological polar surface area (TPSA) is 98.7 Å². The number of hydroxylamine groups is 1. The number of amides is 2. The Kier molecular flexibility index (Phi) is 3.84. The molecule has 24 heavy (non-hydrogen) atoms. The lowest BCUT2D eigenvalue weighted by atomic mass is 9.81. The highest BCUT2D eigenvalue weighted by Crippen LogP contribution is 2.38.